The van der Waals surface area contributed by atoms with Gasteiger partial charge in [-0.25, -0.2) is 0 Å². The summed E-state index contributed by atoms with van der Waals surface area (Å²) in [6.45, 7) is 5.71. The molecule has 2 rings (SSSR count). The number of likely N-dealkylation sites (tertiary alicyclic amines) is 1. The molecular formula is C17H25ClN2O2. The molecule has 0 aromatic heterocycles. The van der Waals surface area contributed by atoms with E-state index < -0.39 is 0 Å². The van der Waals surface area contributed by atoms with Crippen LogP contribution < -0.4 is 4.74 Å². The Kier molecular flexibility index (Phi) is 6.52. The molecule has 1 aliphatic heterocycles. The van der Waals surface area contributed by atoms with Crippen molar-refractivity contribution in [2.75, 3.05) is 39.8 Å². The lowest BCUT2D eigenvalue weighted by Crippen LogP contribution is -2.44. The maximum absolute atomic E-state index is 12.3. The molecular weight excluding hydrogens is 300 g/mol. The van der Waals surface area contributed by atoms with Crippen molar-refractivity contribution in [1.29, 1.82) is 0 Å². The van der Waals surface area contributed by atoms with E-state index in [1.165, 1.54) is 6.42 Å². The Balaban J connectivity index is 1.69. The molecule has 0 saturated carbocycles. The van der Waals surface area contributed by atoms with Crippen molar-refractivity contribution < 1.29 is 9.53 Å². The number of ether oxygens (including phenoxy) is 1. The molecule has 22 heavy (non-hydrogen) atoms. The number of halogens is 1. The molecule has 0 aliphatic carbocycles. The van der Waals surface area contributed by atoms with Crippen LogP contribution >= 0.6 is 11.6 Å². The van der Waals surface area contributed by atoms with Gasteiger partial charge in [-0.15, -0.1) is 0 Å². The number of nitrogens with zero attached hydrogens (tertiary/aromatic N) is 2. The molecule has 0 bridgehead atoms. The van der Waals surface area contributed by atoms with Gasteiger partial charge in [0.1, 0.15) is 12.4 Å². The lowest BCUT2D eigenvalue weighted by Gasteiger charge is -2.32. The van der Waals surface area contributed by atoms with Crippen LogP contribution in [0.15, 0.2) is 24.3 Å². The summed E-state index contributed by atoms with van der Waals surface area (Å²) in [6, 6.07) is 7.36. The maximum Gasteiger partial charge on any atom is 0.236 e. The van der Waals surface area contributed by atoms with Crippen molar-refractivity contribution in [2.45, 2.75) is 19.8 Å². The van der Waals surface area contributed by atoms with Crippen molar-refractivity contribution in [2.24, 2.45) is 5.92 Å². The summed E-state index contributed by atoms with van der Waals surface area (Å²) in [5, 5.41) is 0.667. The summed E-state index contributed by atoms with van der Waals surface area (Å²) in [4.78, 5) is 16.3. The molecule has 122 valence electrons. The van der Waals surface area contributed by atoms with Gasteiger partial charge in [-0.1, -0.05) is 24.6 Å². The minimum absolute atomic E-state index is 0.219. The van der Waals surface area contributed by atoms with Crippen LogP contribution in [0.25, 0.3) is 0 Å². The minimum atomic E-state index is 0.219. The van der Waals surface area contributed by atoms with Crippen LogP contribution in [0.1, 0.15) is 19.8 Å². The third-order valence-corrected chi connectivity index (χ3v) is 4.19. The molecule has 1 aromatic rings. The highest BCUT2D eigenvalue weighted by atomic mass is 35.5. The van der Waals surface area contributed by atoms with Gasteiger partial charge in [-0.05, 0) is 44.0 Å². The Labute approximate surface area is 138 Å². The summed E-state index contributed by atoms with van der Waals surface area (Å²) in [6.07, 6.45) is 2.35. The average molecular weight is 325 g/mol. The van der Waals surface area contributed by atoms with Crippen molar-refractivity contribution >= 4 is 17.5 Å². The summed E-state index contributed by atoms with van der Waals surface area (Å²) >= 11 is 5.91. The second-order valence-corrected chi connectivity index (χ2v) is 6.57. The van der Waals surface area contributed by atoms with Gasteiger partial charge < -0.3 is 9.64 Å². The van der Waals surface area contributed by atoms with Crippen LogP contribution in [0, 0.1) is 5.92 Å². The van der Waals surface area contributed by atoms with Crippen LogP contribution in [0.4, 0.5) is 0 Å². The lowest BCUT2D eigenvalue weighted by atomic mass is 10.0. The smallest absolute Gasteiger partial charge is 0.236 e. The molecule has 1 atom stereocenters. The van der Waals surface area contributed by atoms with Crippen LogP contribution in [-0.2, 0) is 4.79 Å². The first-order valence-corrected chi connectivity index (χ1v) is 8.27. The minimum Gasteiger partial charge on any atom is -0.492 e. The highest BCUT2D eigenvalue weighted by Crippen LogP contribution is 2.17. The Bertz CT molecular complexity index is 495. The molecule has 1 fully saturated rings. The fraction of sp³-hybridized carbons (Fsp3) is 0.588. The summed E-state index contributed by atoms with van der Waals surface area (Å²) < 4.78 is 5.65. The first-order chi connectivity index (χ1) is 10.5. The van der Waals surface area contributed by atoms with E-state index in [1.54, 1.807) is 6.07 Å². The van der Waals surface area contributed by atoms with Gasteiger partial charge in [0.15, 0.2) is 0 Å². The third kappa shape index (κ3) is 5.50. The Hall–Kier alpha value is -1.26. The van der Waals surface area contributed by atoms with Gasteiger partial charge in [-0.3, -0.25) is 9.69 Å². The summed E-state index contributed by atoms with van der Waals surface area (Å²) in [5.74, 6) is 1.60. The monoisotopic (exact) mass is 324 g/mol. The van der Waals surface area contributed by atoms with Crippen molar-refractivity contribution in [1.82, 2.24) is 9.80 Å². The van der Waals surface area contributed by atoms with E-state index in [-0.39, 0.29) is 5.91 Å². The molecule has 0 radical (unpaired) electrons. The maximum atomic E-state index is 12.3. The lowest BCUT2D eigenvalue weighted by molar-refractivity contribution is -0.133. The van der Waals surface area contributed by atoms with Gasteiger partial charge in [0.25, 0.3) is 0 Å². The number of hydrogen-bond donors (Lipinski definition) is 0. The van der Waals surface area contributed by atoms with Gasteiger partial charge in [0, 0.05) is 24.7 Å². The van der Waals surface area contributed by atoms with Gasteiger partial charge in [0.2, 0.25) is 5.91 Å². The van der Waals surface area contributed by atoms with Crippen LogP contribution in [0.3, 0.4) is 0 Å². The second-order valence-electron chi connectivity index (χ2n) is 6.13. The largest absolute Gasteiger partial charge is 0.492 e. The number of hydrogen-bond acceptors (Lipinski definition) is 3. The molecule has 1 saturated heterocycles. The predicted molar refractivity (Wildman–Crippen MR) is 89.4 cm³/mol. The number of rotatable bonds is 6. The highest BCUT2D eigenvalue weighted by Gasteiger charge is 2.21. The molecule has 5 heteroatoms. The number of piperidine rings is 1. The predicted octanol–water partition coefficient (Wildman–Crippen LogP) is 2.91. The molecule has 1 heterocycles. The molecule has 1 unspecified atom stereocenters. The molecule has 1 aliphatic rings. The molecule has 0 spiro atoms. The van der Waals surface area contributed by atoms with E-state index in [2.05, 4.69) is 6.92 Å². The van der Waals surface area contributed by atoms with E-state index in [4.69, 9.17) is 16.3 Å². The number of likely N-dealkylation sites (N-methyl/N-ethyl adjacent to an activating group) is 1. The number of carbonyl (C=O) groups excluding carboxylic acids is 1. The Morgan fingerprint density at radius 3 is 3.05 bits per heavy atom. The fourth-order valence-corrected chi connectivity index (χ4v) is 2.88. The van der Waals surface area contributed by atoms with Crippen LogP contribution in [0.2, 0.25) is 5.02 Å². The van der Waals surface area contributed by atoms with Crippen molar-refractivity contribution in [3.8, 4) is 5.75 Å². The summed E-state index contributed by atoms with van der Waals surface area (Å²) in [5.41, 5.74) is 0. The van der Waals surface area contributed by atoms with Crippen LogP contribution in [0.5, 0.6) is 5.75 Å². The quantitative estimate of drug-likeness (QED) is 0.806. The van der Waals surface area contributed by atoms with Crippen LogP contribution in [-0.4, -0.2) is 55.5 Å². The Morgan fingerprint density at radius 1 is 1.50 bits per heavy atom. The van der Waals surface area contributed by atoms with E-state index in [0.29, 0.717) is 30.6 Å². The fourth-order valence-electron chi connectivity index (χ4n) is 2.70. The molecule has 1 amide bonds. The van der Waals surface area contributed by atoms with Crippen molar-refractivity contribution in [3.63, 3.8) is 0 Å². The summed E-state index contributed by atoms with van der Waals surface area (Å²) in [7, 11) is 1.95. The number of benzene rings is 1. The molecule has 4 nitrogen and oxygen atoms in total. The zero-order valence-corrected chi connectivity index (χ0v) is 14.2. The van der Waals surface area contributed by atoms with Crippen molar-refractivity contribution in [3.05, 3.63) is 29.3 Å². The van der Waals surface area contributed by atoms with Gasteiger partial charge in [-0.2, -0.15) is 0 Å². The highest BCUT2D eigenvalue weighted by molar-refractivity contribution is 6.30. The van der Waals surface area contributed by atoms with E-state index >= 15 is 0 Å². The first-order valence-electron chi connectivity index (χ1n) is 7.89. The van der Waals surface area contributed by atoms with E-state index in [0.717, 1.165) is 25.3 Å². The molecule has 0 N–H and O–H groups in total. The second kappa shape index (κ2) is 8.39. The molecule has 1 aromatic carbocycles. The SMILES string of the molecule is CC1CCCN(C(=O)CN(C)CCOc2cccc(Cl)c2)C1. The normalized spacial score (nSPS) is 18.5. The standard InChI is InChI=1S/C17H25ClN2O2/c1-14-5-4-8-20(12-14)17(21)13-19(2)9-10-22-16-7-3-6-15(18)11-16/h3,6-7,11,14H,4-5,8-10,12-13H2,1-2H3. The Morgan fingerprint density at radius 2 is 2.32 bits per heavy atom. The number of carbonyl (C=O) groups is 1. The zero-order chi connectivity index (χ0) is 15.9. The first kappa shape index (κ1) is 17.1. The zero-order valence-electron chi connectivity index (χ0n) is 13.4. The number of amides is 1. The van der Waals surface area contributed by atoms with Gasteiger partial charge >= 0.3 is 0 Å². The van der Waals surface area contributed by atoms with E-state index in [9.17, 15) is 4.79 Å². The van der Waals surface area contributed by atoms with Gasteiger partial charge in [0.05, 0.1) is 6.54 Å². The topological polar surface area (TPSA) is 32.8 Å². The average Bonchev–Trinajstić information content (AvgIpc) is 2.47. The van der Waals surface area contributed by atoms with E-state index in [1.807, 2.05) is 35.0 Å². The third-order valence-electron chi connectivity index (χ3n) is 3.95.